The van der Waals surface area contributed by atoms with Crippen molar-refractivity contribution >= 4 is 34.2 Å². The Kier molecular flexibility index (Phi) is 7.86. The van der Waals surface area contributed by atoms with Gasteiger partial charge in [-0.3, -0.25) is 9.69 Å². The van der Waals surface area contributed by atoms with E-state index in [1.54, 1.807) is 17.0 Å². The van der Waals surface area contributed by atoms with Crippen LogP contribution in [0.4, 0.5) is 11.4 Å². The summed E-state index contributed by atoms with van der Waals surface area (Å²) in [5.74, 6) is -0.0843. The van der Waals surface area contributed by atoms with Crippen LogP contribution in [0.3, 0.4) is 0 Å². The van der Waals surface area contributed by atoms with E-state index in [1.807, 2.05) is 79.7 Å². The first-order valence-corrected chi connectivity index (χ1v) is 12.3. The molecule has 6 nitrogen and oxygen atoms in total. The van der Waals surface area contributed by atoms with Gasteiger partial charge in [-0.1, -0.05) is 60.7 Å². The van der Waals surface area contributed by atoms with Gasteiger partial charge in [0.2, 0.25) is 0 Å². The maximum absolute atomic E-state index is 13.5. The van der Waals surface area contributed by atoms with Gasteiger partial charge in [0.1, 0.15) is 0 Å². The smallest absolute Gasteiger partial charge is 0.268 e. The summed E-state index contributed by atoms with van der Waals surface area (Å²) in [6.45, 7) is 3.84. The van der Waals surface area contributed by atoms with Crippen molar-refractivity contribution in [2.45, 2.75) is 20.0 Å². The summed E-state index contributed by atoms with van der Waals surface area (Å²) in [4.78, 5) is 22.7. The van der Waals surface area contributed by atoms with Crippen molar-refractivity contribution in [2.75, 3.05) is 18.9 Å². The molecule has 4 rings (SSSR count). The number of nitriles is 1. The van der Waals surface area contributed by atoms with Crippen LogP contribution < -0.4 is 5.32 Å². The van der Waals surface area contributed by atoms with E-state index in [-0.39, 0.29) is 5.91 Å². The first kappa shape index (κ1) is 24.1. The van der Waals surface area contributed by atoms with Crippen LogP contribution in [0.25, 0.3) is 0 Å². The third-order valence-corrected chi connectivity index (χ3v) is 6.39. The second-order valence-corrected chi connectivity index (χ2v) is 9.15. The highest BCUT2D eigenvalue weighted by Crippen LogP contribution is 2.36. The monoisotopic (exact) mass is 481 g/mol. The summed E-state index contributed by atoms with van der Waals surface area (Å²) < 4.78 is 0. The van der Waals surface area contributed by atoms with E-state index in [2.05, 4.69) is 23.5 Å². The van der Waals surface area contributed by atoms with Crippen LogP contribution in [0.5, 0.6) is 0 Å². The fraction of sp³-hybridized carbons (Fsp3) is 0.179. The summed E-state index contributed by atoms with van der Waals surface area (Å²) in [5.41, 5.74) is 4.17. The van der Waals surface area contributed by atoms with E-state index in [9.17, 15) is 10.1 Å². The average Bonchev–Trinajstić information content (AvgIpc) is 3.15. The van der Waals surface area contributed by atoms with E-state index in [0.717, 1.165) is 17.8 Å². The highest BCUT2D eigenvalue weighted by molar-refractivity contribution is 8.18. The molecule has 0 radical (unpaired) electrons. The molecule has 0 aromatic heterocycles. The van der Waals surface area contributed by atoms with Crippen molar-refractivity contribution in [1.82, 2.24) is 9.80 Å². The minimum atomic E-state index is -0.0843. The molecule has 0 atom stereocenters. The van der Waals surface area contributed by atoms with Crippen molar-refractivity contribution in [2.24, 2.45) is 4.99 Å². The molecule has 3 aromatic carbocycles. The molecule has 7 heteroatoms. The zero-order valence-corrected chi connectivity index (χ0v) is 20.6. The normalized spacial score (nSPS) is 15.5. The van der Waals surface area contributed by atoms with Crippen molar-refractivity contribution in [3.63, 3.8) is 0 Å². The Morgan fingerprint density at radius 3 is 2.40 bits per heavy atom. The fourth-order valence-corrected chi connectivity index (χ4v) is 4.77. The summed E-state index contributed by atoms with van der Waals surface area (Å²) >= 11 is 1.36. The maximum atomic E-state index is 13.5. The number of carbonyl (C=O) groups is 1. The Labute approximate surface area is 210 Å². The van der Waals surface area contributed by atoms with Gasteiger partial charge in [0.05, 0.1) is 34.5 Å². The molecule has 1 heterocycles. The van der Waals surface area contributed by atoms with Crippen LogP contribution in [0.2, 0.25) is 0 Å². The molecule has 3 aromatic rings. The molecule has 1 aliphatic rings. The first-order valence-electron chi connectivity index (χ1n) is 11.4. The maximum Gasteiger partial charge on any atom is 0.268 e. The Bertz CT molecular complexity index is 1280. The van der Waals surface area contributed by atoms with Gasteiger partial charge >= 0.3 is 0 Å². The van der Waals surface area contributed by atoms with Gasteiger partial charge in [-0.2, -0.15) is 5.26 Å². The Hall–Kier alpha value is -4.02. The lowest BCUT2D eigenvalue weighted by Crippen LogP contribution is -2.28. The number of amides is 1. The van der Waals surface area contributed by atoms with E-state index in [4.69, 9.17) is 4.99 Å². The van der Waals surface area contributed by atoms with E-state index in [0.29, 0.717) is 34.4 Å². The lowest BCUT2D eigenvalue weighted by atomic mass is 10.2. The molecule has 0 bridgehead atoms. The molecular formula is C28H27N5OS. The molecular weight excluding hydrogens is 454 g/mol. The predicted octanol–water partition coefficient (Wildman–Crippen LogP) is 5.73. The molecule has 0 aliphatic carbocycles. The number of hydrogen-bond acceptors (Lipinski definition) is 6. The van der Waals surface area contributed by atoms with E-state index < -0.39 is 0 Å². The number of thioether (sulfide) groups is 1. The number of amidine groups is 1. The number of nitrogens with one attached hydrogen (secondary N) is 1. The molecule has 0 saturated carbocycles. The number of anilines is 1. The Balaban J connectivity index is 1.68. The second-order valence-electron chi connectivity index (χ2n) is 8.14. The third-order valence-electron chi connectivity index (χ3n) is 5.39. The molecule has 1 aliphatic heterocycles. The van der Waals surface area contributed by atoms with Gasteiger partial charge in [0, 0.05) is 26.3 Å². The van der Waals surface area contributed by atoms with Crippen LogP contribution in [0, 0.1) is 11.3 Å². The Morgan fingerprint density at radius 1 is 1.06 bits per heavy atom. The number of benzene rings is 3. The number of nitrogens with zero attached hydrogens (tertiary/aromatic N) is 4. The summed E-state index contributed by atoms with van der Waals surface area (Å²) in [6.07, 6.45) is 1.89. The molecule has 0 spiro atoms. The molecule has 1 fully saturated rings. The van der Waals surface area contributed by atoms with Crippen LogP contribution in [0.15, 0.2) is 95.0 Å². The molecule has 0 unspecified atom stereocenters. The Morgan fingerprint density at radius 2 is 1.74 bits per heavy atom. The van der Waals surface area contributed by atoms with Crippen LogP contribution in [-0.4, -0.2) is 34.5 Å². The minimum absolute atomic E-state index is 0.0843. The standard InChI is InChI=1S/C28H27N5OS/c1-3-30-24-15-14-23(17-29)16-25(24)31-28-33(19-22-12-8-5-9-13-22)27(34)26(35-28)20-32(2)18-21-10-6-4-7-11-21/h4-16,20,30H,3,18-19H2,1-2H3. The van der Waals surface area contributed by atoms with Crippen LogP contribution >= 0.6 is 11.8 Å². The molecule has 1 saturated heterocycles. The molecule has 1 amide bonds. The van der Waals surface area contributed by atoms with Crippen molar-refractivity contribution in [3.05, 3.63) is 107 Å². The summed E-state index contributed by atoms with van der Waals surface area (Å²) in [6, 6.07) is 27.6. The number of hydrogen-bond donors (Lipinski definition) is 1. The molecule has 176 valence electrons. The zero-order valence-electron chi connectivity index (χ0n) is 19.8. The van der Waals surface area contributed by atoms with Gasteiger partial charge < -0.3 is 10.2 Å². The lowest BCUT2D eigenvalue weighted by Gasteiger charge is -2.17. The quantitative estimate of drug-likeness (QED) is 0.416. The van der Waals surface area contributed by atoms with Gasteiger partial charge in [-0.05, 0) is 48.0 Å². The average molecular weight is 482 g/mol. The largest absolute Gasteiger partial charge is 0.384 e. The topological polar surface area (TPSA) is 71.7 Å². The van der Waals surface area contributed by atoms with Crippen molar-refractivity contribution in [1.29, 1.82) is 5.26 Å². The second kappa shape index (κ2) is 11.4. The van der Waals surface area contributed by atoms with Gasteiger partial charge in [-0.25, -0.2) is 4.99 Å². The zero-order chi connectivity index (χ0) is 24.6. The number of aliphatic imine (C=N–C) groups is 1. The van der Waals surface area contributed by atoms with Crippen molar-refractivity contribution < 1.29 is 4.79 Å². The first-order chi connectivity index (χ1) is 17.1. The van der Waals surface area contributed by atoms with Gasteiger partial charge in [0.15, 0.2) is 5.17 Å². The van der Waals surface area contributed by atoms with Gasteiger partial charge in [0.25, 0.3) is 5.91 Å². The minimum Gasteiger partial charge on any atom is -0.384 e. The number of rotatable bonds is 8. The SMILES string of the molecule is CCNc1ccc(C#N)cc1N=C1SC(=CN(C)Cc2ccccc2)C(=O)N1Cc1ccccc1. The third kappa shape index (κ3) is 6.11. The summed E-state index contributed by atoms with van der Waals surface area (Å²) in [7, 11) is 1.96. The van der Waals surface area contributed by atoms with E-state index >= 15 is 0 Å². The van der Waals surface area contributed by atoms with E-state index in [1.165, 1.54) is 17.3 Å². The highest BCUT2D eigenvalue weighted by Gasteiger charge is 2.34. The fourth-order valence-electron chi connectivity index (χ4n) is 3.74. The van der Waals surface area contributed by atoms with Crippen LogP contribution in [0.1, 0.15) is 23.6 Å². The van der Waals surface area contributed by atoms with Crippen LogP contribution in [-0.2, 0) is 17.9 Å². The molecule has 35 heavy (non-hydrogen) atoms. The predicted molar refractivity (Wildman–Crippen MR) is 143 cm³/mol. The summed E-state index contributed by atoms with van der Waals surface area (Å²) in [5, 5.41) is 13.3. The van der Waals surface area contributed by atoms with Gasteiger partial charge in [-0.15, -0.1) is 0 Å². The lowest BCUT2D eigenvalue weighted by molar-refractivity contribution is -0.122. The molecule has 1 N–H and O–H groups in total. The number of carbonyl (C=O) groups excluding carboxylic acids is 1. The van der Waals surface area contributed by atoms with Crippen molar-refractivity contribution in [3.8, 4) is 6.07 Å². The highest BCUT2D eigenvalue weighted by atomic mass is 32.2.